The molecule has 2 heterocycles. The van der Waals surface area contributed by atoms with Crippen LogP contribution in [0.5, 0.6) is 0 Å². The lowest BCUT2D eigenvalue weighted by Crippen LogP contribution is -2.28. The molecule has 1 aromatic rings. The monoisotopic (exact) mass is 167 g/mol. The summed E-state index contributed by atoms with van der Waals surface area (Å²) in [7, 11) is 0. The average Bonchev–Trinajstić information content (AvgIpc) is 2.58. The van der Waals surface area contributed by atoms with Gasteiger partial charge in [-0.1, -0.05) is 0 Å². The predicted molar refractivity (Wildman–Crippen MR) is 41.4 cm³/mol. The topological polar surface area (TPSA) is 72.4 Å². The van der Waals surface area contributed by atoms with Crippen LogP contribution < -0.4 is 10.6 Å². The molecule has 1 aliphatic rings. The lowest BCUT2D eigenvalue weighted by molar-refractivity contribution is -0.117. The third-order valence-electron chi connectivity index (χ3n) is 1.81. The SMILES string of the molecule is NC1CC(=O)N(c2ncco2)C1. The smallest absolute Gasteiger partial charge is 0.304 e. The maximum atomic E-state index is 11.2. The fourth-order valence-corrected chi connectivity index (χ4v) is 1.27. The molecule has 0 radical (unpaired) electrons. The van der Waals surface area contributed by atoms with E-state index in [1.54, 1.807) is 0 Å². The number of carbonyl (C=O) groups excluding carboxylic acids is 1. The molecule has 1 saturated heterocycles. The molecule has 1 aromatic heterocycles. The summed E-state index contributed by atoms with van der Waals surface area (Å²) in [5.41, 5.74) is 5.59. The van der Waals surface area contributed by atoms with Crippen LogP contribution in [0.4, 0.5) is 6.01 Å². The Morgan fingerprint density at radius 3 is 3.08 bits per heavy atom. The summed E-state index contributed by atoms with van der Waals surface area (Å²) in [5, 5.41) is 0. The van der Waals surface area contributed by atoms with Crippen LogP contribution in [0.15, 0.2) is 16.9 Å². The number of carbonyl (C=O) groups is 1. The van der Waals surface area contributed by atoms with E-state index in [1.807, 2.05) is 0 Å². The summed E-state index contributed by atoms with van der Waals surface area (Å²) < 4.78 is 4.97. The number of nitrogens with two attached hydrogens (primary N) is 1. The largest absolute Gasteiger partial charge is 0.432 e. The van der Waals surface area contributed by atoms with Gasteiger partial charge in [0.25, 0.3) is 0 Å². The summed E-state index contributed by atoms with van der Waals surface area (Å²) >= 11 is 0. The second-order valence-electron chi connectivity index (χ2n) is 2.78. The van der Waals surface area contributed by atoms with Gasteiger partial charge in [-0.25, -0.2) is 4.98 Å². The Labute approximate surface area is 69.2 Å². The zero-order valence-electron chi connectivity index (χ0n) is 6.43. The molecule has 1 fully saturated rings. The van der Waals surface area contributed by atoms with Crippen molar-refractivity contribution in [2.24, 2.45) is 5.73 Å². The number of oxazole rings is 1. The van der Waals surface area contributed by atoms with Crippen molar-refractivity contribution >= 4 is 11.9 Å². The van der Waals surface area contributed by atoms with Gasteiger partial charge < -0.3 is 10.2 Å². The van der Waals surface area contributed by atoms with Crippen molar-refractivity contribution in [3.8, 4) is 0 Å². The maximum Gasteiger partial charge on any atom is 0.304 e. The van der Waals surface area contributed by atoms with E-state index < -0.39 is 0 Å². The first-order valence-electron chi connectivity index (χ1n) is 3.73. The van der Waals surface area contributed by atoms with Gasteiger partial charge in [0.15, 0.2) is 0 Å². The minimum atomic E-state index is -0.0931. The third kappa shape index (κ3) is 1.08. The summed E-state index contributed by atoms with van der Waals surface area (Å²) in [4.78, 5) is 16.6. The quantitative estimate of drug-likeness (QED) is 0.625. The Morgan fingerprint density at radius 1 is 1.75 bits per heavy atom. The molecule has 0 aliphatic carbocycles. The van der Waals surface area contributed by atoms with Crippen molar-refractivity contribution in [2.45, 2.75) is 12.5 Å². The van der Waals surface area contributed by atoms with Crippen LogP contribution in [-0.4, -0.2) is 23.5 Å². The van der Waals surface area contributed by atoms with Crippen molar-refractivity contribution in [3.05, 3.63) is 12.5 Å². The minimum absolute atomic E-state index is 0.0232. The standard InChI is InChI=1S/C7H9N3O2/c8-5-3-6(11)10(4-5)7-9-1-2-12-7/h1-2,5H,3-4,8H2. The summed E-state index contributed by atoms with van der Waals surface area (Å²) in [6.45, 7) is 0.499. The molecule has 12 heavy (non-hydrogen) atoms. The van der Waals surface area contributed by atoms with Gasteiger partial charge in [-0.05, 0) is 0 Å². The van der Waals surface area contributed by atoms with Crippen LogP contribution >= 0.6 is 0 Å². The molecular formula is C7H9N3O2. The van der Waals surface area contributed by atoms with Gasteiger partial charge in [0.1, 0.15) is 6.26 Å². The van der Waals surface area contributed by atoms with Gasteiger partial charge in [0.05, 0.1) is 6.20 Å². The number of amides is 1. The summed E-state index contributed by atoms with van der Waals surface area (Å²) in [6, 6.07) is 0.248. The molecule has 1 unspecified atom stereocenters. The Kier molecular flexibility index (Phi) is 1.58. The molecule has 1 aliphatic heterocycles. The lowest BCUT2D eigenvalue weighted by Gasteiger charge is -2.09. The van der Waals surface area contributed by atoms with Gasteiger partial charge in [-0.3, -0.25) is 9.69 Å². The molecule has 0 saturated carbocycles. The number of rotatable bonds is 1. The summed E-state index contributed by atoms with van der Waals surface area (Å²) in [6.07, 6.45) is 3.32. The summed E-state index contributed by atoms with van der Waals surface area (Å²) in [5.74, 6) is -0.0232. The van der Waals surface area contributed by atoms with E-state index in [1.165, 1.54) is 17.4 Å². The van der Waals surface area contributed by atoms with Crippen LogP contribution in [-0.2, 0) is 4.79 Å². The van der Waals surface area contributed by atoms with Crippen LogP contribution in [0, 0.1) is 0 Å². The highest BCUT2D eigenvalue weighted by Gasteiger charge is 2.30. The highest BCUT2D eigenvalue weighted by Crippen LogP contribution is 2.17. The van der Waals surface area contributed by atoms with Crippen LogP contribution in [0.2, 0.25) is 0 Å². The van der Waals surface area contributed by atoms with Gasteiger partial charge in [-0.2, -0.15) is 0 Å². The molecule has 64 valence electrons. The van der Waals surface area contributed by atoms with Crippen molar-refractivity contribution < 1.29 is 9.21 Å². The molecule has 0 spiro atoms. The second kappa shape index (κ2) is 2.60. The zero-order valence-corrected chi connectivity index (χ0v) is 6.43. The number of nitrogens with zero attached hydrogens (tertiary/aromatic N) is 2. The molecule has 2 rings (SSSR count). The highest BCUT2D eigenvalue weighted by atomic mass is 16.4. The first-order chi connectivity index (χ1) is 5.77. The normalized spacial score (nSPS) is 23.6. The fraction of sp³-hybridized carbons (Fsp3) is 0.429. The molecule has 2 N–H and O–H groups in total. The fourth-order valence-electron chi connectivity index (χ4n) is 1.27. The highest BCUT2D eigenvalue weighted by molar-refractivity contribution is 5.94. The molecular weight excluding hydrogens is 158 g/mol. The predicted octanol–water partition coefficient (Wildman–Crippen LogP) is -0.261. The number of anilines is 1. The number of hydrogen-bond donors (Lipinski definition) is 1. The molecule has 0 bridgehead atoms. The number of aromatic nitrogens is 1. The van der Waals surface area contributed by atoms with E-state index in [9.17, 15) is 4.79 Å². The molecule has 1 amide bonds. The Hall–Kier alpha value is -1.36. The van der Waals surface area contributed by atoms with E-state index in [0.29, 0.717) is 19.0 Å². The molecule has 5 nitrogen and oxygen atoms in total. The van der Waals surface area contributed by atoms with Crippen LogP contribution in [0.25, 0.3) is 0 Å². The molecule has 0 aromatic carbocycles. The average molecular weight is 167 g/mol. The lowest BCUT2D eigenvalue weighted by atomic mass is 10.3. The van der Waals surface area contributed by atoms with Crippen molar-refractivity contribution in [1.29, 1.82) is 0 Å². The first-order valence-corrected chi connectivity index (χ1v) is 3.73. The first kappa shape index (κ1) is 7.30. The Morgan fingerprint density at radius 2 is 2.58 bits per heavy atom. The van der Waals surface area contributed by atoms with Crippen molar-refractivity contribution in [3.63, 3.8) is 0 Å². The van der Waals surface area contributed by atoms with Gasteiger partial charge >= 0.3 is 6.01 Å². The Balaban J connectivity index is 2.21. The Bertz CT molecular complexity index is 283. The maximum absolute atomic E-state index is 11.2. The van der Waals surface area contributed by atoms with E-state index >= 15 is 0 Å². The van der Waals surface area contributed by atoms with Gasteiger partial charge in [0, 0.05) is 19.0 Å². The van der Waals surface area contributed by atoms with E-state index in [-0.39, 0.29) is 11.9 Å². The van der Waals surface area contributed by atoms with E-state index in [4.69, 9.17) is 10.2 Å². The van der Waals surface area contributed by atoms with E-state index in [0.717, 1.165) is 0 Å². The van der Waals surface area contributed by atoms with E-state index in [2.05, 4.69) is 4.98 Å². The van der Waals surface area contributed by atoms with Crippen molar-refractivity contribution in [1.82, 2.24) is 4.98 Å². The minimum Gasteiger partial charge on any atom is -0.432 e. The van der Waals surface area contributed by atoms with Crippen LogP contribution in [0.3, 0.4) is 0 Å². The van der Waals surface area contributed by atoms with Gasteiger partial charge in [-0.15, -0.1) is 0 Å². The van der Waals surface area contributed by atoms with Crippen LogP contribution in [0.1, 0.15) is 6.42 Å². The van der Waals surface area contributed by atoms with Crippen molar-refractivity contribution in [2.75, 3.05) is 11.4 Å². The molecule has 1 atom stereocenters. The third-order valence-corrected chi connectivity index (χ3v) is 1.81. The zero-order chi connectivity index (χ0) is 8.55. The number of hydrogen-bond acceptors (Lipinski definition) is 4. The second-order valence-corrected chi connectivity index (χ2v) is 2.78. The molecule has 5 heteroatoms. The van der Waals surface area contributed by atoms with Gasteiger partial charge in [0.2, 0.25) is 5.91 Å².